The molecule has 8 nitrogen and oxygen atoms in total. The number of carbonyl (C=O) groups is 1. The summed E-state index contributed by atoms with van der Waals surface area (Å²) in [5.74, 6) is -1.83. The number of nitrogens with zero attached hydrogens (tertiary/aromatic N) is 3. The SMILES string of the molecule is C[C@@H]1CN(c2c(F)c(N)c3c(=O)c(C(=O)O)cn4c3c2CCN4C)C[C@@H]1N. The van der Waals surface area contributed by atoms with E-state index in [4.69, 9.17) is 11.5 Å². The Labute approximate surface area is 154 Å². The number of nitrogen functional groups attached to an aromatic ring is 1. The van der Waals surface area contributed by atoms with Crippen molar-refractivity contribution in [3.8, 4) is 0 Å². The molecule has 2 aliphatic rings. The molecule has 9 heteroatoms. The fourth-order valence-corrected chi connectivity index (χ4v) is 4.17. The lowest BCUT2D eigenvalue weighted by atomic mass is 9.98. The van der Waals surface area contributed by atoms with Crippen LogP contribution in [0.2, 0.25) is 0 Å². The van der Waals surface area contributed by atoms with Gasteiger partial charge in [-0.3, -0.25) is 9.47 Å². The van der Waals surface area contributed by atoms with Gasteiger partial charge in [0.15, 0.2) is 5.82 Å². The molecule has 0 amide bonds. The second kappa shape index (κ2) is 5.85. The topological polar surface area (TPSA) is 118 Å². The van der Waals surface area contributed by atoms with Gasteiger partial charge in [0.25, 0.3) is 0 Å². The van der Waals surface area contributed by atoms with Gasteiger partial charge in [-0.1, -0.05) is 6.92 Å². The van der Waals surface area contributed by atoms with Crippen LogP contribution in [-0.4, -0.2) is 48.5 Å². The van der Waals surface area contributed by atoms with Crippen molar-refractivity contribution in [2.45, 2.75) is 19.4 Å². The van der Waals surface area contributed by atoms with Crippen LogP contribution in [0.25, 0.3) is 10.9 Å². The summed E-state index contributed by atoms with van der Waals surface area (Å²) in [4.78, 5) is 26.1. The molecule has 0 unspecified atom stereocenters. The van der Waals surface area contributed by atoms with E-state index in [0.29, 0.717) is 42.8 Å². The number of aromatic carboxylic acids is 1. The molecule has 0 saturated carbocycles. The number of carboxylic acids is 1. The quantitative estimate of drug-likeness (QED) is 0.647. The zero-order chi connectivity index (χ0) is 19.6. The Kier molecular flexibility index (Phi) is 3.81. The molecule has 2 aliphatic heterocycles. The first-order valence-corrected chi connectivity index (χ1v) is 8.86. The molecule has 1 aromatic carbocycles. The van der Waals surface area contributed by atoms with Crippen molar-refractivity contribution in [2.75, 3.05) is 42.3 Å². The number of aromatic nitrogens is 1. The van der Waals surface area contributed by atoms with Crippen molar-refractivity contribution in [1.82, 2.24) is 4.68 Å². The van der Waals surface area contributed by atoms with Crippen molar-refractivity contribution in [2.24, 2.45) is 11.7 Å². The van der Waals surface area contributed by atoms with E-state index < -0.39 is 22.8 Å². The average molecular weight is 375 g/mol. The van der Waals surface area contributed by atoms with Gasteiger partial charge < -0.3 is 26.5 Å². The number of benzene rings is 1. The van der Waals surface area contributed by atoms with Crippen molar-refractivity contribution in [3.63, 3.8) is 0 Å². The average Bonchev–Trinajstić information content (AvgIpc) is 2.93. The van der Waals surface area contributed by atoms with Crippen molar-refractivity contribution >= 4 is 28.2 Å². The fraction of sp³-hybridized carbons (Fsp3) is 0.444. The zero-order valence-electron chi connectivity index (χ0n) is 15.2. The van der Waals surface area contributed by atoms with Gasteiger partial charge in [-0.25, -0.2) is 9.18 Å². The minimum absolute atomic E-state index is 0.0728. The highest BCUT2D eigenvalue weighted by molar-refractivity contribution is 6.02. The van der Waals surface area contributed by atoms with Crippen molar-refractivity contribution in [1.29, 1.82) is 0 Å². The van der Waals surface area contributed by atoms with Gasteiger partial charge in [-0.2, -0.15) is 0 Å². The van der Waals surface area contributed by atoms with Gasteiger partial charge in [-0.15, -0.1) is 0 Å². The van der Waals surface area contributed by atoms with Gasteiger partial charge in [-0.05, 0) is 12.3 Å². The predicted molar refractivity (Wildman–Crippen MR) is 102 cm³/mol. The number of hydrogen-bond acceptors (Lipinski definition) is 6. The second-order valence-electron chi connectivity index (χ2n) is 7.48. The highest BCUT2D eigenvalue weighted by Gasteiger charge is 2.34. The molecule has 1 saturated heterocycles. The summed E-state index contributed by atoms with van der Waals surface area (Å²) in [5, 5.41) is 11.1. The van der Waals surface area contributed by atoms with Gasteiger partial charge in [0, 0.05) is 44.5 Å². The fourth-order valence-electron chi connectivity index (χ4n) is 4.17. The third-order valence-electron chi connectivity index (χ3n) is 5.74. The van der Waals surface area contributed by atoms with Crippen LogP contribution in [-0.2, 0) is 6.42 Å². The number of anilines is 2. The first-order chi connectivity index (χ1) is 12.7. The monoisotopic (exact) mass is 375 g/mol. The Morgan fingerprint density at radius 1 is 1.37 bits per heavy atom. The van der Waals surface area contributed by atoms with Crippen LogP contribution in [0.4, 0.5) is 15.8 Å². The molecule has 0 radical (unpaired) electrons. The summed E-state index contributed by atoms with van der Waals surface area (Å²) in [6, 6.07) is -0.0728. The molecule has 0 bridgehead atoms. The summed E-state index contributed by atoms with van der Waals surface area (Å²) in [6.07, 6.45) is 1.81. The maximum absolute atomic E-state index is 15.3. The third-order valence-corrected chi connectivity index (χ3v) is 5.74. The Hall–Kier alpha value is -2.81. The largest absolute Gasteiger partial charge is 0.477 e. The lowest BCUT2D eigenvalue weighted by molar-refractivity contribution is 0.0695. The van der Waals surface area contributed by atoms with Gasteiger partial charge in [0.1, 0.15) is 5.56 Å². The number of pyridine rings is 1. The maximum atomic E-state index is 15.3. The molecule has 0 aliphatic carbocycles. The summed E-state index contributed by atoms with van der Waals surface area (Å²) in [7, 11) is 1.78. The number of halogens is 1. The Bertz CT molecular complexity index is 1020. The third kappa shape index (κ3) is 2.38. The number of carboxylic acid groups (broad SMARTS) is 1. The van der Waals surface area contributed by atoms with E-state index in [1.54, 1.807) is 16.7 Å². The lowest BCUT2D eigenvalue weighted by Crippen LogP contribution is -2.40. The Morgan fingerprint density at radius 3 is 2.67 bits per heavy atom. The van der Waals surface area contributed by atoms with Crippen LogP contribution < -0.4 is 26.8 Å². The summed E-state index contributed by atoms with van der Waals surface area (Å²) < 4.78 is 16.9. The standard InChI is InChI=1S/C18H22FN5O3/c1-8-5-23(7-11(8)20)16-9-3-4-22(2)24-6-10(18(26)27)17(25)12(15(9)24)14(21)13(16)19/h6,8,11H,3-5,7,20-21H2,1-2H3,(H,26,27)/t8-,11+/m1/s1. The first kappa shape index (κ1) is 17.6. The highest BCUT2D eigenvalue weighted by Crippen LogP contribution is 2.39. The van der Waals surface area contributed by atoms with Gasteiger partial charge >= 0.3 is 5.97 Å². The summed E-state index contributed by atoms with van der Waals surface area (Å²) in [5.41, 5.74) is 12.2. The smallest absolute Gasteiger partial charge is 0.341 e. The first-order valence-electron chi connectivity index (χ1n) is 8.86. The Balaban J connectivity index is 2.10. The van der Waals surface area contributed by atoms with Crippen molar-refractivity contribution < 1.29 is 14.3 Å². The second-order valence-corrected chi connectivity index (χ2v) is 7.48. The van der Waals surface area contributed by atoms with E-state index in [1.165, 1.54) is 6.20 Å². The minimum Gasteiger partial charge on any atom is -0.477 e. The Morgan fingerprint density at radius 2 is 2.07 bits per heavy atom. The van der Waals surface area contributed by atoms with Crippen LogP contribution in [0.1, 0.15) is 22.8 Å². The molecular formula is C18H22FN5O3. The van der Waals surface area contributed by atoms with E-state index in [-0.39, 0.29) is 23.0 Å². The predicted octanol–water partition coefficient (Wildman–Crippen LogP) is 0.328. The highest BCUT2D eigenvalue weighted by atomic mass is 19.1. The van der Waals surface area contributed by atoms with Crippen molar-refractivity contribution in [3.05, 3.63) is 33.4 Å². The molecule has 1 aromatic heterocycles. The number of nitrogens with two attached hydrogens (primary N) is 2. The molecular weight excluding hydrogens is 353 g/mol. The zero-order valence-corrected chi connectivity index (χ0v) is 15.2. The van der Waals surface area contributed by atoms with E-state index in [0.717, 1.165) is 0 Å². The summed E-state index contributed by atoms with van der Waals surface area (Å²) in [6.45, 7) is 3.67. The molecule has 27 heavy (non-hydrogen) atoms. The normalized spacial score (nSPS) is 21.9. The molecule has 1 fully saturated rings. The molecule has 144 valence electrons. The van der Waals surface area contributed by atoms with Crippen LogP contribution >= 0.6 is 0 Å². The molecule has 4 rings (SSSR count). The molecule has 3 heterocycles. The minimum atomic E-state index is -1.37. The number of likely N-dealkylation sites (N-methyl/N-ethyl adjacent to an activating group) is 1. The number of hydrogen-bond donors (Lipinski definition) is 3. The molecule has 5 N–H and O–H groups in total. The van der Waals surface area contributed by atoms with Crippen LogP contribution in [0.3, 0.4) is 0 Å². The maximum Gasteiger partial charge on any atom is 0.341 e. The lowest BCUT2D eigenvalue weighted by Gasteiger charge is -2.34. The van der Waals surface area contributed by atoms with E-state index in [9.17, 15) is 14.7 Å². The van der Waals surface area contributed by atoms with E-state index in [2.05, 4.69) is 0 Å². The van der Waals surface area contributed by atoms with Crippen LogP contribution in [0.5, 0.6) is 0 Å². The number of rotatable bonds is 2. The molecule has 2 aromatic rings. The van der Waals surface area contributed by atoms with Crippen LogP contribution in [0, 0.1) is 11.7 Å². The molecule has 2 atom stereocenters. The van der Waals surface area contributed by atoms with Crippen LogP contribution in [0.15, 0.2) is 11.0 Å². The van der Waals surface area contributed by atoms with E-state index in [1.807, 2.05) is 11.8 Å². The van der Waals surface area contributed by atoms with E-state index >= 15 is 4.39 Å². The molecule has 0 spiro atoms. The van der Waals surface area contributed by atoms with Gasteiger partial charge in [0.05, 0.1) is 22.3 Å². The summed E-state index contributed by atoms with van der Waals surface area (Å²) >= 11 is 0. The van der Waals surface area contributed by atoms with Gasteiger partial charge in [0.2, 0.25) is 5.43 Å².